The molecule has 0 radical (unpaired) electrons. The smallest absolute Gasteiger partial charge is 0.378 e. The molecule has 5 nitrogen and oxygen atoms in total. The number of benzene rings is 1. The lowest BCUT2D eigenvalue weighted by molar-refractivity contribution is -0.137. The summed E-state index contributed by atoms with van der Waals surface area (Å²) in [6.07, 6.45) is -1.13. The molecule has 0 aliphatic carbocycles. The third-order valence-electron chi connectivity index (χ3n) is 3.44. The lowest BCUT2D eigenvalue weighted by Crippen LogP contribution is -2.15. The van der Waals surface area contributed by atoms with Crippen LogP contribution in [0.3, 0.4) is 0 Å². The van der Waals surface area contributed by atoms with Crippen LogP contribution in [0.2, 0.25) is 0 Å². The summed E-state index contributed by atoms with van der Waals surface area (Å²) in [6, 6.07) is 8.13. The van der Waals surface area contributed by atoms with Crippen molar-refractivity contribution in [3.63, 3.8) is 0 Å². The first-order valence-electron chi connectivity index (χ1n) is 7.49. The third kappa shape index (κ3) is 4.37. The summed E-state index contributed by atoms with van der Waals surface area (Å²) < 4.78 is 42.3. The van der Waals surface area contributed by atoms with Gasteiger partial charge in [-0.05, 0) is 41.4 Å². The van der Waals surface area contributed by atoms with Crippen LogP contribution in [0.5, 0.6) is 0 Å². The number of nitrogens with one attached hydrogen (secondary N) is 2. The molecule has 2 N–H and O–H groups in total. The van der Waals surface area contributed by atoms with Crippen LogP contribution in [0.1, 0.15) is 21.6 Å². The monoisotopic (exact) mass is 378 g/mol. The zero-order valence-corrected chi connectivity index (χ0v) is 14.1. The van der Waals surface area contributed by atoms with Crippen molar-refractivity contribution in [1.29, 1.82) is 0 Å². The van der Waals surface area contributed by atoms with E-state index in [0.29, 0.717) is 12.2 Å². The maximum atomic E-state index is 12.8. The molecule has 134 valence electrons. The SMILES string of the molecule is O=C(Nc1cccc(C(F)(F)F)c1)c1nscc1NCc1cccnc1. The second-order valence-electron chi connectivity index (χ2n) is 5.32. The highest BCUT2D eigenvalue weighted by atomic mass is 32.1. The van der Waals surface area contributed by atoms with Gasteiger partial charge in [-0.2, -0.15) is 17.5 Å². The maximum absolute atomic E-state index is 12.8. The molecule has 26 heavy (non-hydrogen) atoms. The number of alkyl halides is 3. The number of halogens is 3. The van der Waals surface area contributed by atoms with Crippen molar-refractivity contribution < 1.29 is 18.0 Å². The number of pyridine rings is 1. The molecule has 0 saturated carbocycles. The molecule has 1 aromatic carbocycles. The fourth-order valence-electron chi connectivity index (χ4n) is 2.19. The van der Waals surface area contributed by atoms with Gasteiger partial charge in [-0.3, -0.25) is 9.78 Å². The fourth-order valence-corrected chi connectivity index (χ4v) is 2.83. The van der Waals surface area contributed by atoms with Gasteiger partial charge in [-0.25, -0.2) is 0 Å². The third-order valence-corrected chi connectivity index (χ3v) is 4.07. The van der Waals surface area contributed by atoms with E-state index in [1.54, 1.807) is 23.8 Å². The van der Waals surface area contributed by atoms with Crippen LogP contribution in [0, 0.1) is 0 Å². The van der Waals surface area contributed by atoms with Gasteiger partial charge < -0.3 is 10.6 Å². The second-order valence-corrected chi connectivity index (χ2v) is 5.95. The number of nitrogens with zero attached hydrogens (tertiary/aromatic N) is 2. The fraction of sp³-hybridized carbons (Fsp3) is 0.118. The highest BCUT2D eigenvalue weighted by Gasteiger charge is 2.30. The maximum Gasteiger partial charge on any atom is 0.416 e. The van der Waals surface area contributed by atoms with E-state index < -0.39 is 17.6 Å². The largest absolute Gasteiger partial charge is 0.416 e. The van der Waals surface area contributed by atoms with Crippen LogP contribution < -0.4 is 10.6 Å². The van der Waals surface area contributed by atoms with Crippen LogP contribution in [0.4, 0.5) is 24.5 Å². The Morgan fingerprint density at radius 1 is 1.19 bits per heavy atom. The molecule has 0 bridgehead atoms. The number of hydrogen-bond acceptors (Lipinski definition) is 5. The highest BCUT2D eigenvalue weighted by Crippen LogP contribution is 2.31. The molecule has 3 rings (SSSR count). The summed E-state index contributed by atoms with van der Waals surface area (Å²) in [5.74, 6) is -0.584. The minimum Gasteiger partial charge on any atom is -0.378 e. The van der Waals surface area contributed by atoms with Crippen LogP contribution in [0.25, 0.3) is 0 Å². The van der Waals surface area contributed by atoms with Crippen molar-refractivity contribution in [2.45, 2.75) is 12.7 Å². The second kappa shape index (κ2) is 7.52. The van der Waals surface area contributed by atoms with E-state index in [4.69, 9.17) is 0 Å². The van der Waals surface area contributed by atoms with Gasteiger partial charge in [-0.15, -0.1) is 0 Å². The Balaban J connectivity index is 1.70. The molecule has 0 aliphatic heterocycles. The molecule has 0 saturated heterocycles. The molecule has 0 fully saturated rings. The Kier molecular flexibility index (Phi) is 5.17. The lowest BCUT2D eigenvalue weighted by atomic mass is 10.2. The first kappa shape index (κ1) is 17.9. The van der Waals surface area contributed by atoms with Gasteiger partial charge in [0, 0.05) is 30.0 Å². The summed E-state index contributed by atoms with van der Waals surface area (Å²) in [6.45, 7) is 0.441. The van der Waals surface area contributed by atoms with Gasteiger partial charge in [0.2, 0.25) is 0 Å². The van der Waals surface area contributed by atoms with Crippen LogP contribution in [0.15, 0.2) is 54.2 Å². The Labute approximate surface area is 151 Å². The van der Waals surface area contributed by atoms with Gasteiger partial charge in [0.1, 0.15) is 0 Å². The summed E-state index contributed by atoms with van der Waals surface area (Å²) >= 11 is 1.08. The van der Waals surface area contributed by atoms with Crippen molar-refractivity contribution in [3.8, 4) is 0 Å². The number of anilines is 2. The van der Waals surface area contributed by atoms with Crippen LogP contribution >= 0.6 is 11.5 Å². The van der Waals surface area contributed by atoms with Gasteiger partial charge in [0.05, 0.1) is 11.3 Å². The summed E-state index contributed by atoms with van der Waals surface area (Å²) in [4.78, 5) is 16.4. The summed E-state index contributed by atoms with van der Waals surface area (Å²) in [7, 11) is 0. The Morgan fingerprint density at radius 3 is 2.77 bits per heavy atom. The molecule has 2 heterocycles. The quantitative estimate of drug-likeness (QED) is 0.690. The summed E-state index contributed by atoms with van der Waals surface area (Å²) in [5, 5.41) is 7.19. The molecule has 0 spiro atoms. The first-order valence-corrected chi connectivity index (χ1v) is 8.33. The van der Waals surface area contributed by atoms with Crippen molar-refractivity contribution >= 4 is 28.8 Å². The average Bonchev–Trinajstić information content (AvgIpc) is 3.09. The molecule has 9 heteroatoms. The molecular formula is C17H13F3N4OS. The van der Waals surface area contributed by atoms with E-state index in [0.717, 1.165) is 29.2 Å². The number of amides is 1. The van der Waals surface area contributed by atoms with Gasteiger partial charge >= 0.3 is 6.18 Å². The van der Waals surface area contributed by atoms with Crippen LogP contribution in [-0.4, -0.2) is 15.3 Å². The topological polar surface area (TPSA) is 66.9 Å². The number of hydrogen-bond donors (Lipinski definition) is 2. The normalized spacial score (nSPS) is 11.2. The Bertz CT molecular complexity index is 896. The average molecular weight is 378 g/mol. The van der Waals surface area contributed by atoms with Crippen molar-refractivity contribution in [3.05, 3.63) is 71.0 Å². The van der Waals surface area contributed by atoms with Crippen molar-refractivity contribution in [1.82, 2.24) is 9.36 Å². The molecule has 0 atom stereocenters. The zero-order valence-electron chi connectivity index (χ0n) is 13.2. The van der Waals surface area contributed by atoms with Gasteiger partial charge in [0.25, 0.3) is 5.91 Å². The molecule has 0 unspecified atom stereocenters. The van der Waals surface area contributed by atoms with E-state index >= 15 is 0 Å². The molecular weight excluding hydrogens is 365 g/mol. The van der Waals surface area contributed by atoms with E-state index in [9.17, 15) is 18.0 Å². The predicted molar refractivity (Wildman–Crippen MR) is 93.1 cm³/mol. The number of aromatic nitrogens is 2. The lowest BCUT2D eigenvalue weighted by Gasteiger charge is -2.10. The number of rotatable bonds is 5. The first-order chi connectivity index (χ1) is 12.4. The zero-order chi connectivity index (χ0) is 18.6. The predicted octanol–water partition coefficient (Wildman–Crippen LogP) is 4.42. The number of carbonyl (C=O) groups is 1. The van der Waals surface area contributed by atoms with E-state index in [1.807, 2.05) is 6.07 Å². The van der Waals surface area contributed by atoms with E-state index in [-0.39, 0.29) is 11.4 Å². The Morgan fingerprint density at radius 2 is 2.04 bits per heavy atom. The Hall–Kier alpha value is -2.94. The van der Waals surface area contributed by atoms with Crippen molar-refractivity contribution in [2.75, 3.05) is 10.6 Å². The van der Waals surface area contributed by atoms with E-state index in [1.165, 1.54) is 12.1 Å². The summed E-state index contributed by atoms with van der Waals surface area (Å²) in [5.41, 5.74) is 0.766. The van der Waals surface area contributed by atoms with Crippen molar-refractivity contribution in [2.24, 2.45) is 0 Å². The standard InChI is InChI=1S/C17H13F3N4OS/c18-17(19,20)12-4-1-5-13(7-12)23-16(25)15-14(10-26-24-15)22-9-11-3-2-6-21-8-11/h1-8,10,22H,9H2,(H,23,25). The van der Waals surface area contributed by atoms with Gasteiger partial charge in [-0.1, -0.05) is 12.1 Å². The number of carbonyl (C=O) groups excluding carboxylic acids is 1. The molecule has 2 aromatic heterocycles. The van der Waals surface area contributed by atoms with Crippen LogP contribution in [-0.2, 0) is 12.7 Å². The molecule has 3 aromatic rings. The highest BCUT2D eigenvalue weighted by molar-refractivity contribution is 7.04. The molecule has 0 aliphatic rings. The minimum atomic E-state index is -4.47. The van der Waals surface area contributed by atoms with Gasteiger partial charge in [0.15, 0.2) is 5.69 Å². The van der Waals surface area contributed by atoms with E-state index in [2.05, 4.69) is 20.0 Å². The minimum absolute atomic E-state index is 0.0519. The molecule has 1 amide bonds.